The molecule has 3 rings (SSSR count). The van der Waals surface area contributed by atoms with Gasteiger partial charge in [-0.2, -0.15) is 0 Å². The van der Waals surface area contributed by atoms with Gasteiger partial charge in [-0.1, -0.05) is 55.4 Å². The lowest BCUT2D eigenvalue weighted by molar-refractivity contribution is -0.128. The first-order valence-electron chi connectivity index (χ1n) is 9.68. The summed E-state index contributed by atoms with van der Waals surface area (Å²) >= 11 is 1.37. The van der Waals surface area contributed by atoms with Crippen LogP contribution in [0.15, 0.2) is 58.6 Å². The van der Waals surface area contributed by atoms with Gasteiger partial charge in [-0.3, -0.25) is 4.79 Å². The van der Waals surface area contributed by atoms with Gasteiger partial charge in [0.25, 0.3) is 0 Å². The molecule has 9 heteroatoms. The molecule has 0 radical (unpaired) electrons. The summed E-state index contributed by atoms with van der Waals surface area (Å²) in [5.74, 6) is -0.0366. The van der Waals surface area contributed by atoms with Crippen molar-refractivity contribution in [2.45, 2.75) is 41.6 Å². The van der Waals surface area contributed by atoms with Gasteiger partial charge >= 0.3 is 0 Å². The Kier molecular flexibility index (Phi) is 6.84. The third-order valence-corrected chi connectivity index (χ3v) is 6.88. The van der Waals surface area contributed by atoms with Crippen molar-refractivity contribution in [3.05, 3.63) is 54.1 Å². The lowest BCUT2D eigenvalue weighted by Gasteiger charge is -2.20. The Morgan fingerprint density at radius 2 is 1.90 bits per heavy atom. The van der Waals surface area contributed by atoms with Crippen LogP contribution in [0.2, 0.25) is 0 Å². The van der Waals surface area contributed by atoms with Crippen LogP contribution in [0.25, 0.3) is 11.0 Å². The lowest BCUT2D eigenvalue weighted by atomic mass is 10.1. The molecule has 0 spiro atoms. The number of likely N-dealkylation sites (N-methyl/N-ethyl adjacent to an activating group) is 1. The molecule has 1 amide bonds. The molecule has 30 heavy (non-hydrogen) atoms. The predicted octanol–water partition coefficient (Wildman–Crippen LogP) is 3.41. The number of imidazole rings is 1. The molecule has 160 valence electrons. The minimum absolute atomic E-state index is 0.0238. The zero-order chi connectivity index (χ0) is 21.9. The standard InChI is InChI=1S/C21H26N4O3S2/c1-4-5-13-25-18-12-11-16(30(22,27)28)14-17(18)23-21(25)29-19(20(26)24(2)3)15-9-7-6-8-10-15/h6-12,14,19H,4-5,13H2,1-3H3,(H2,22,27,28)/t19-/m1/s1. The number of carbonyl (C=O) groups excluding carboxylic acids is 1. The topological polar surface area (TPSA) is 98.3 Å². The second-order valence-electron chi connectivity index (χ2n) is 7.24. The number of sulfonamides is 1. The highest BCUT2D eigenvalue weighted by Crippen LogP contribution is 2.38. The fourth-order valence-corrected chi connectivity index (χ4v) is 4.93. The maximum absolute atomic E-state index is 12.9. The summed E-state index contributed by atoms with van der Waals surface area (Å²) in [6, 6.07) is 14.3. The van der Waals surface area contributed by atoms with E-state index in [9.17, 15) is 13.2 Å². The van der Waals surface area contributed by atoms with Crippen LogP contribution in [-0.2, 0) is 21.4 Å². The summed E-state index contributed by atoms with van der Waals surface area (Å²) in [5, 5.41) is 5.50. The van der Waals surface area contributed by atoms with E-state index in [1.807, 2.05) is 30.3 Å². The van der Waals surface area contributed by atoms with Crippen LogP contribution in [0.5, 0.6) is 0 Å². The molecule has 0 aliphatic rings. The van der Waals surface area contributed by atoms with Gasteiger partial charge < -0.3 is 9.47 Å². The minimum atomic E-state index is -3.82. The smallest absolute Gasteiger partial charge is 0.240 e. The monoisotopic (exact) mass is 446 g/mol. The van der Waals surface area contributed by atoms with Crippen LogP contribution in [0.4, 0.5) is 0 Å². The molecule has 0 fully saturated rings. The van der Waals surface area contributed by atoms with Crippen molar-refractivity contribution in [3.63, 3.8) is 0 Å². The van der Waals surface area contributed by atoms with E-state index in [1.54, 1.807) is 25.1 Å². The summed E-state index contributed by atoms with van der Waals surface area (Å²) in [7, 11) is -0.356. The summed E-state index contributed by atoms with van der Waals surface area (Å²) in [6.07, 6.45) is 1.94. The largest absolute Gasteiger partial charge is 0.348 e. The number of carbonyl (C=O) groups is 1. The van der Waals surface area contributed by atoms with E-state index in [0.717, 1.165) is 30.5 Å². The number of nitrogens with two attached hydrogens (primary N) is 1. The van der Waals surface area contributed by atoms with Gasteiger partial charge in [0.15, 0.2) is 5.16 Å². The fourth-order valence-electron chi connectivity index (χ4n) is 3.12. The Bertz CT molecular complexity index is 1140. The van der Waals surface area contributed by atoms with Gasteiger partial charge in [-0.15, -0.1) is 0 Å². The van der Waals surface area contributed by atoms with E-state index >= 15 is 0 Å². The van der Waals surface area contributed by atoms with Gasteiger partial charge in [0, 0.05) is 20.6 Å². The molecule has 2 aromatic carbocycles. The Morgan fingerprint density at radius 1 is 1.20 bits per heavy atom. The van der Waals surface area contributed by atoms with Crippen LogP contribution in [-0.4, -0.2) is 42.9 Å². The molecule has 1 heterocycles. The molecule has 0 saturated carbocycles. The number of amides is 1. The van der Waals surface area contributed by atoms with Crippen molar-refractivity contribution >= 4 is 38.7 Å². The molecule has 0 bridgehead atoms. The molecule has 0 unspecified atom stereocenters. The first kappa shape index (κ1) is 22.3. The minimum Gasteiger partial charge on any atom is -0.348 e. The quantitative estimate of drug-likeness (QED) is 0.535. The summed E-state index contributed by atoms with van der Waals surface area (Å²) in [4.78, 5) is 19.2. The van der Waals surface area contributed by atoms with Gasteiger partial charge in [-0.05, 0) is 30.2 Å². The third kappa shape index (κ3) is 4.85. The van der Waals surface area contributed by atoms with Crippen molar-refractivity contribution < 1.29 is 13.2 Å². The van der Waals surface area contributed by atoms with Gasteiger partial charge in [0.1, 0.15) is 5.25 Å². The number of hydrogen-bond acceptors (Lipinski definition) is 5. The molecule has 7 nitrogen and oxygen atoms in total. The van der Waals surface area contributed by atoms with Gasteiger partial charge in [0.2, 0.25) is 15.9 Å². The zero-order valence-electron chi connectivity index (χ0n) is 17.3. The number of benzene rings is 2. The molecule has 0 aliphatic carbocycles. The Morgan fingerprint density at radius 3 is 2.50 bits per heavy atom. The van der Waals surface area contributed by atoms with Crippen molar-refractivity contribution in [1.82, 2.24) is 14.5 Å². The highest BCUT2D eigenvalue weighted by Gasteiger charge is 2.26. The normalized spacial score (nSPS) is 12.8. The molecule has 0 saturated heterocycles. The van der Waals surface area contributed by atoms with Crippen LogP contribution in [0.3, 0.4) is 0 Å². The van der Waals surface area contributed by atoms with E-state index < -0.39 is 15.3 Å². The fraction of sp³-hybridized carbons (Fsp3) is 0.333. The number of rotatable bonds is 8. The van der Waals surface area contributed by atoms with Crippen molar-refractivity contribution in [2.75, 3.05) is 14.1 Å². The number of unbranched alkanes of at least 4 members (excludes halogenated alkanes) is 1. The van der Waals surface area contributed by atoms with Crippen molar-refractivity contribution in [1.29, 1.82) is 0 Å². The first-order valence-corrected chi connectivity index (χ1v) is 12.1. The highest BCUT2D eigenvalue weighted by molar-refractivity contribution is 8.00. The molecule has 1 aromatic heterocycles. The average molecular weight is 447 g/mol. The Hall–Kier alpha value is -2.36. The van der Waals surface area contributed by atoms with Gasteiger partial charge in [-0.25, -0.2) is 18.5 Å². The third-order valence-electron chi connectivity index (χ3n) is 4.74. The van der Waals surface area contributed by atoms with Gasteiger partial charge in [0.05, 0.1) is 15.9 Å². The first-order chi connectivity index (χ1) is 14.2. The van der Waals surface area contributed by atoms with E-state index in [0.29, 0.717) is 10.7 Å². The predicted molar refractivity (Wildman–Crippen MR) is 120 cm³/mol. The average Bonchev–Trinajstić information content (AvgIpc) is 3.06. The molecule has 2 N–H and O–H groups in total. The molecular weight excluding hydrogens is 420 g/mol. The zero-order valence-corrected chi connectivity index (χ0v) is 18.9. The lowest BCUT2D eigenvalue weighted by Crippen LogP contribution is -2.27. The highest BCUT2D eigenvalue weighted by atomic mass is 32.2. The summed E-state index contributed by atoms with van der Waals surface area (Å²) in [6.45, 7) is 2.83. The van der Waals surface area contributed by atoms with Crippen molar-refractivity contribution in [3.8, 4) is 0 Å². The molecule has 3 aromatic rings. The van der Waals surface area contributed by atoms with E-state index in [-0.39, 0.29) is 10.8 Å². The Balaban J connectivity index is 2.10. The Labute approximate surface area is 181 Å². The SMILES string of the molecule is CCCCn1c(S[C@@H](C(=O)N(C)C)c2ccccc2)nc2cc(S(N)(=O)=O)ccc21. The van der Waals surface area contributed by atoms with E-state index in [1.165, 1.54) is 23.9 Å². The number of hydrogen-bond donors (Lipinski definition) is 1. The maximum Gasteiger partial charge on any atom is 0.240 e. The van der Waals surface area contributed by atoms with Crippen LogP contribution in [0.1, 0.15) is 30.6 Å². The maximum atomic E-state index is 12.9. The summed E-state index contributed by atoms with van der Waals surface area (Å²) in [5.41, 5.74) is 2.26. The number of thioether (sulfide) groups is 1. The molecular formula is C21H26N4O3S2. The number of primary sulfonamides is 1. The van der Waals surface area contributed by atoms with Crippen LogP contribution >= 0.6 is 11.8 Å². The molecule has 0 aliphatic heterocycles. The van der Waals surface area contributed by atoms with Crippen molar-refractivity contribution in [2.24, 2.45) is 5.14 Å². The number of fused-ring (bicyclic) bond motifs is 1. The second kappa shape index (κ2) is 9.20. The summed E-state index contributed by atoms with van der Waals surface area (Å²) < 4.78 is 25.6. The van der Waals surface area contributed by atoms with Crippen LogP contribution in [0, 0.1) is 0 Å². The second-order valence-corrected chi connectivity index (χ2v) is 9.87. The number of nitrogens with zero attached hydrogens (tertiary/aromatic N) is 3. The van der Waals surface area contributed by atoms with E-state index in [2.05, 4.69) is 16.5 Å². The molecule has 1 atom stereocenters. The number of aryl methyl sites for hydroxylation is 1. The number of aromatic nitrogens is 2. The van der Waals surface area contributed by atoms with Crippen LogP contribution < -0.4 is 5.14 Å². The van der Waals surface area contributed by atoms with E-state index in [4.69, 9.17) is 5.14 Å².